The molecule has 1 atom stereocenters. The fourth-order valence-corrected chi connectivity index (χ4v) is 1.25. The van der Waals surface area contributed by atoms with Crippen LogP contribution in [0.1, 0.15) is 19.3 Å². The molecule has 2 rings (SSSR count). The van der Waals surface area contributed by atoms with E-state index >= 15 is 0 Å². The summed E-state index contributed by atoms with van der Waals surface area (Å²) in [5.41, 5.74) is 0. The highest BCUT2D eigenvalue weighted by atomic mass is 16.5. The van der Waals surface area contributed by atoms with Crippen molar-refractivity contribution in [3.8, 4) is 0 Å². The van der Waals surface area contributed by atoms with Crippen molar-refractivity contribution in [2.75, 3.05) is 13.2 Å². The molecule has 0 aromatic heterocycles. The van der Waals surface area contributed by atoms with Crippen LogP contribution in [0.3, 0.4) is 0 Å². The first-order chi connectivity index (χ1) is 4.45. The second-order valence-corrected chi connectivity index (χ2v) is 3.00. The lowest BCUT2D eigenvalue weighted by Crippen LogP contribution is -2.30. The van der Waals surface area contributed by atoms with Crippen LogP contribution >= 0.6 is 0 Å². The monoisotopic (exact) mass is 127 g/mol. The Morgan fingerprint density at radius 2 is 2.00 bits per heavy atom. The van der Waals surface area contributed by atoms with Crippen molar-refractivity contribution in [2.45, 2.75) is 31.3 Å². The molecule has 1 saturated heterocycles. The summed E-state index contributed by atoms with van der Waals surface area (Å²) in [6.07, 6.45) is 3.99. The fraction of sp³-hybridized carbons (Fsp3) is 1.00. The van der Waals surface area contributed by atoms with Gasteiger partial charge in [0.05, 0.1) is 6.61 Å². The van der Waals surface area contributed by atoms with E-state index in [4.69, 9.17) is 4.74 Å². The highest BCUT2D eigenvalue weighted by molar-refractivity contribution is 4.85. The molecule has 0 spiro atoms. The Morgan fingerprint density at radius 1 is 1.11 bits per heavy atom. The Bertz CT molecular complexity index is 95.1. The predicted molar refractivity (Wildman–Crippen MR) is 35.4 cm³/mol. The highest BCUT2D eigenvalue weighted by Gasteiger charge is 2.26. The van der Waals surface area contributed by atoms with E-state index in [9.17, 15) is 0 Å². The quantitative estimate of drug-likeness (QED) is 0.584. The standard InChI is InChI=1S/C7H13NO/c1-2-6(1)8-7-3-4-9-5-7/h6-8H,1-5H2/t7-/m0/s1. The van der Waals surface area contributed by atoms with Crippen molar-refractivity contribution in [3.63, 3.8) is 0 Å². The van der Waals surface area contributed by atoms with Gasteiger partial charge in [0.2, 0.25) is 0 Å². The third-order valence-electron chi connectivity index (χ3n) is 1.98. The summed E-state index contributed by atoms with van der Waals surface area (Å²) >= 11 is 0. The Morgan fingerprint density at radius 3 is 2.56 bits per heavy atom. The molecule has 52 valence electrons. The van der Waals surface area contributed by atoms with Crippen molar-refractivity contribution in [1.82, 2.24) is 5.32 Å². The average molecular weight is 127 g/mol. The molecule has 0 aromatic rings. The third-order valence-corrected chi connectivity index (χ3v) is 1.98. The molecule has 2 fully saturated rings. The average Bonchev–Trinajstić information content (AvgIpc) is 2.46. The number of rotatable bonds is 2. The van der Waals surface area contributed by atoms with Gasteiger partial charge >= 0.3 is 0 Å². The van der Waals surface area contributed by atoms with E-state index in [2.05, 4.69) is 5.32 Å². The number of ether oxygens (including phenoxy) is 1. The van der Waals surface area contributed by atoms with Crippen molar-refractivity contribution in [3.05, 3.63) is 0 Å². The minimum Gasteiger partial charge on any atom is -0.380 e. The van der Waals surface area contributed by atoms with E-state index < -0.39 is 0 Å². The van der Waals surface area contributed by atoms with Gasteiger partial charge in [-0.15, -0.1) is 0 Å². The lowest BCUT2D eigenvalue weighted by molar-refractivity contribution is 0.189. The summed E-state index contributed by atoms with van der Waals surface area (Å²) in [4.78, 5) is 0. The summed E-state index contributed by atoms with van der Waals surface area (Å²) in [5, 5.41) is 3.53. The second-order valence-electron chi connectivity index (χ2n) is 3.00. The van der Waals surface area contributed by atoms with Gasteiger partial charge in [-0.2, -0.15) is 0 Å². The van der Waals surface area contributed by atoms with E-state index in [0.29, 0.717) is 6.04 Å². The van der Waals surface area contributed by atoms with E-state index in [1.807, 2.05) is 0 Å². The molecule has 0 amide bonds. The zero-order chi connectivity index (χ0) is 6.10. The van der Waals surface area contributed by atoms with Gasteiger partial charge in [-0.05, 0) is 19.3 Å². The first-order valence-corrected chi connectivity index (χ1v) is 3.79. The Kier molecular flexibility index (Phi) is 1.44. The van der Waals surface area contributed by atoms with Crippen molar-refractivity contribution in [2.24, 2.45) is 0 Å². The van der Waals surface area contributed by atoms with E-state index in [1.165, 1.54) is 19.3 Å². The maximum absolute atomic E-state index is 5.22. The summed E-state index contributed by atoms with van der Waals surface area (Å²) in [5.74, 6) is 0. The summed E-state index contributed by atoms with van der Waals surface area (Å²) in [6, 6.07) is 1.52. The number of hydrogen-bond donors (Lipinski definition) is 1. The molecule has 1 aliphatic carbocycles. The molecule has 0 unspecified atom stereocenters. The molecule has 1 heterocycles. The lowest BCUT2D eigenvalue weighted by atomic mass is 10.2. The summed E-state index contributed by atoms with van der Waals surface area (Å²) in [6.45, 7) is 1.90. The predicted octanol–water partition coefficient (Wildman–Crippen LogP) is 0.527. The van der Waals surface area contributed by atoms with Crippen molar-refractivity contribution in [1.29, 1.82) is 0 Å². The van der Waals surface area contributed by atoms with Gasteiger partial charge in [0.15, 0.2) is 0 Å². The molecular weight excluding hydrogens is 114 g/mol. The SMILES string of the molecule is C1C[C@H](NC2CC2)CO1. The smallest absolute Gasteiger partial charge is 0.0620 e. The van der Waals surface area contributed by atoms with Crippen LogP contribution in [0.2, 0.25) is 0 Å². The molecule has 1 saturated carbocycles. The number of nitrogens with one attached hydrogen (secondary N) is 1. The maximum atomic E-state index is 5.22. The Hall–Kier alpha value is -0.0800. The van der Waals surface area contributed by atoms with E-state index in [-0.39, 0.29) is 0 Å². The largest absolute Gasteiger partial charge is 0.380 e. The number of hydrogen-bond acceptors (Lipinski definition) is 2. The molecule has 0 aromatic carbocycles. The van der Waals surface area contributed by atoms with Gasteiger partial charge in [0.1, 0.15) is 0 Å². The fourth-order valence-electron chi connectivity index (χ4n) is 1.25. The maximum Gasteiger partial charge on any atom is 0.0620 e. The molecule has 2 aliphatic rings. The van der Waals surface area contributed by atoms with Crippen LogP contribution in [0.15, 0.2) is 0 Å². The van der Waals surface area contributed by atoms with Gasteiger partial charge in [-0.25, -0.2) is 0 Å². The Balaban J connectivity index is 1.70. The van der Waals surface area contributed by atoms with Gasteiger partial charge in [-0.3, -0.25) is 0 Å². The zero-order valence-electron chi connectivity index (χ0n) is 5.60. The van der Waals surface area contributed by atoms with Crippen LogP contribution in [-0.4, -0.2) is 25.3 Å². The molecule has 2 heteroatoms. The van der Waals surface area contributed by atoms with Gasteiger partial charge in [0, 0.05) is 18.7 Å². The normalized spacial score (nSPS) is 35.3. The molecule has 1 N–H and O–H groups in total. The molecule has 1 aliphatic heterocycles. The Labute approximate surface area is 55.6 Å². The molecule has 9 heavy (non-hydrogen) atoms. The van der Waals surface area contributed by atoms with Crippen LogP contribution in [0, 0.1) is 0 Å². The van der Waals surface area contributed by atoms with Crippen LogP contribution < -0.4 is 5.32 Å². The lowest BCUT2D eigenvalue weighted by Gasteiger charge is -2.07. The summed E-state index contributed by atoms with van der Waals surface area (Å²) < 4.78 is 5.22. The third kappa shape index (κ3) is 1.43. The first kappa shape index (κ1) is 5.69. The zero-order valence-corrected chi connectivity index (χ0v) is 5.60. The highest BCUT2D eigenvalue weighted by Crippen LogP contribution is 2.20. The van der Waals surface area contributed by atoms with E-state index in [1.54, 1.807) is 0 Å². The van der Waals surface area contributed by atoms with Crippen molar-refractivity contribution < 1.29 is 4.74 Å². The minimum atomic E-state index is 0.678. The van der Waals surface area contributed by atoms with Crippen LogP contribution in [-0.2, 0) is 4.74 Å². The van der Waals surface area contributed by atoms with Gasteiger partial charge in [0.25, 0.3) is 0 Å². The van der Waals surface area contributed by atoms with Crippen molar-refractivity contribution >= 4 is 0 Å². The topological polar surface area (TPSA) is 21.3 Å². The molecule has 0 bridgehead atoms. The second kappa shape index (κ2) is 2.27. The van der Waals surface area contributed by atoms with Crippen LogP contribution in [0.5, 0.6) is 0 Å². The van der Waals surface area contributed by atoms with Crippen LogP contribution in [0.4, 0.5) is 0 Å². The molecular formula is C7H13NO. The van der Waals surface area contributed by atoms with Gasteiger partial charge < -0.3 is 10.1 Å². The first-order valence-electron chi connectivity index (χ1n) is 3.79. The minimum absolute atomic E-state index is 0.678. The molecule has 0 radical (unpaired) electrons. The van der Waals surface area contributed by atoms with E-state index in [0.717, 1.165) is 19.3 Å². The summed E-state index contributed by atoms with van der Waals surface area (Å²) in [7, 11) is 0. The molecule has 2 nitrogen and oxygen atoms in total. The van der Waals surface area contributed by atoms with Crippen LogP contribution in [0.25, 0.3) is 0 Å². The van der Waals surface area contributed by atoms with Gasteiger partial charge in [-0.1, -0.05) is 0 Å².